The van der Waals surface area contributed by atoms with Crippen LogP contribution in [-0.2, 0) is 63.6 Å². The van der Waals surface area contributed by atoms with Crippen molar-refractivity contribution in [2.45, 2.75) is 174 Å². The van der Waals surface area contributed by atoms with Crippen molar-refractivity contribution in [2.75, 3.05) is 98.9 Å². The number of aryl methyl sites for hydroxylation is 1. The lowest BCUT2D eigenvalue weighted by Crippen LogP contribution is -2.43. The summed E-state index contributed by atoms with van der Waals surface area (Å²) in [6, 6.07) is -0.600. The smallest absolute Gasteiger partial charge is 0.245 e. The summed E-state index contributed by atoms with van der Waals surface area (Å²) in [7, 11) is 0. The number of ether oxygens (including phenoxy) is 6. The third kappa shape index (κ3) is 47.8. The molecular weight excluding hydrogens is 889 g/mol. The SMILES string of the molecule is CCCCCCCCCCCCCCCC(=O)CCCOCCOCC(=O)NCC.CCOCCOCC(=O)CCCOCCOCC(=O)NCCCC[C@H](NCC(=O)CCc1cnc[nH]1)C(N)=O. The van der Waals surface area contributed by atoms with Gasteiger partial charge >= 0.3 is 0 Å². The van der Waals surface area contributed by atoms with Crippen molar-refractivity contribution < 1.29 is 57.2 Å². The minimum atomic E-state index is -0.600. The third-order valence-corrected chi connectivity index (χ3v) is 10.8. The molecule has 6 N–H and O–H groups in total. The summed E-state index contributed by atoms with van der Waals surface area (Å²) in [5, 5.41) is 8.35. The van der Waals surface area contributed by atoms with Crippen LogP contribution in [0.15, 0.2) is 12.5 Å². The van der Waals surface area contributed by atoms with Gasteiger partial charge in [-0.2, -0.15) is 0 Å². The van der Waals surface area contributed by atoms with Crippen molar-refractivity contribution in [3.05, 3.63) is 18.2 Å². The highest BCUT2D eigenvalue weighted by Crippen LogP contribution is 2.13. The molecule has 1 aromatic rings. The second-order valence-electron chi connectivity index (χ2n) is 17.1. The Labute approximate surface area is 414 Å². The van der Waals surface area contributed by atoms with Crippen LogP contribution in [0.25, 0.3) is 0 Å². The normalized spacial score (nSPS) is 11.5. The van der Waals surface area contributed by atoms with E-state index in [0.717, 1.165) is 18.5 Å². The zero-order valence-electron chi connectivity index (χ0n) is 43.0. The van der Waals surface area contributed by atoms with Gasteiger partial charge in [0.1, 0.15) is 31.4 Å². The van der Waals surface area contributed by atoms with Crippen molar-refractivity contribution in [3.8, 4) is 0 Å². The van der Waals surface area contributed by atoms with E-state index in [1.165, 1.54) is 77.0 Å². The summed E-state index contributed by atoms with van der Waals surface area (Å²) in [4.78, 5) is 77.1. The number of Topliss-reactive ketones (excluding diaryl/α,β-unsaturated/α-hetero) is 3. The zero-order valence-corrected chi connectivity index (χ0v) is 43.0. The Hall–Kier alpha value is -3.65. The third-order valence-electron chi connectivity index (χ3n) is 10.8. The van der Waals surface area contributed by atoms with Crippen LogP contribution in [0.4, 0.5) is 0 Å². The summed E-state index contributed by atoms with van der Waals surface area (Å²) < 4.78 is 31.7. The molecule has 0 bridgehead atoms. The Bertz CT molecular complexity index is 1390. The van der Waals surface area contributed by atoms with E-state index in [2.05, 4.69) is 32.8 Å². The zero-order chi connectivity index (χ0) is 50.7. The molecule has 1 aromatic heterocycles. The number of imidazole rings is 1. The van der Waals surface area contributed by atoms with Crippen LogP contribution in [0.2, 0.25) is 0 Å². The lowest BCUT2D eigenvalue weighted by atomic mass is 10.0. The van der Waals surface area contributed by atoms with Gasteiger partial charge in [0.2, 0.25) is 17.7 Å². The molecule has 400 valence electrons. The Morgan fingerprint density at radius 2 is 1.07 bits per heavy atom. The first kappa shape index (κ1) is 65.3. The van der Waals surface area contributed by atoms with Gasteiger partial charge in [0, 0.05) is 70.5 Å². The summed E-state index contributed by atoms with van der Waals surface area (Å²) in [5.74, 6) is -0.483. The van der Waals surface area contributed by atoms with Crippen LogP contribution in [0.1, 0.15) is 168 Å². The number of nitrogens with zero attached hydrogens (tertiary/aromatic N) is 1. The first-order valence-electron chi connectivity index (χ1n) is 26.2. The van der Waals surface area contributed by atoms with Crippen molar-refractivity contribution in [2.24, 2.45) is 5.73 Å². The molecule has 0 aliphatic rings. The Balaban J connectivity index is 0.00000139. The molecule has 1 heterocycles. The van der Waals surface area contributed by atoms with Gasteiger partial charge < -0.3 is 49.8 Å². The highest BCUT2D eigenvalue weighted by molar-refractivity contribution is 5.83. The van der Waals surface area contributed by atoms with Gasteiger partial charge in [-0.15, -0.1) is 0 Å². The number of hydrogen-bond donors (Lipinski definition) is 5. The van der Waals surface area contributed by atoms with Gasteiger partial charge in [0.05, 0.1) is 58.6 Å². The number of nitrogens with one attached hydrogen (secondary N) is 4. The molecule has 0 saturated carbocycles. The molecule has 3 amide bonds. The maximum atomic E-state index is 12.0. The van der Waals surface area contributed by atoms with E-state index in [1.807, 2.05) is 13.8 Å². The van der Waals surface area contributed by atoms with Gasteiger partial charge in [-0.25, -0.2) is 4.98 Å². The average molecular weight is 983 g/mol. The molecule has 0 saturated heterocycles. The molecule has 1 atom stereocenters. The van der Waals surface area contributed by atoms with Crippen LogP contribution in [0.5, 0.6) is 0 Å². The second-order valence-corrected chi connectivity index (χ2v) is 17.1. The largest absolute Gasteiger partial charge is 0.379 e. The molecule has 0 aromatic carbocycles. The number of carbonyl (C=O) groups is 6. The second kappa shape index (κ2) is 50.7. The molecule has 0 unspecified atom stereocenters. The van der Waals surface area contributed by atoms with Gasteiger partial charge in [-0.1, -0.05) is 84.0 Å². The van der Waals surface area contributed by atoms with Gasteiger partial charge in [0.25, 0.3) is 0 Å². The number of H-pyrrole nitrogens is 1. The summed E-state index contributed by atoms with van der Waals surface area (Å²) in [5.41, 5.74) is 6.32. The molecule has 1 rings (SSSR count). The van der Waals surface area contributed by atoms with E-state index in [-0.39, 0.29) is 56.4 Å². The molecule has 0 radical (unpaired) electrons. The molecule has 0 aliphatic heterocycles. The number of nitrogens with two attached hydrogens (primary N) is 1. The molecule has 0 aliphatic carbocycles. The van der Waals surface area contributed by atoms with Crippen LogP contribution in [0.3, 0.4) is 0 Å². The highest BCUT2D eigenvalue weighted by atomic mass is 16.5. The van der Waals surface area contributed by atoms with Crippen LogP contribution >= 0.6 is 0 Å². The van der Waals surface area contributed by atoms with Crippen LogP contribution in [0, 0.1) is 0 Å². The van der Waals surface area contributed by atoms with E-state index in [9.17, 15) is 28.8 Å². The summed E-state index contributed by atoms with van der Waals surface area (Å²) in [6.45, 7) is 11.3. The van der Waals surface area contributed by atoms with E-state index >= 15 is 0 Å². The first-order valence-corrected chi connectivity index (χ1v) is 26.2. The van der Waals surface area contributed by atoms with E-state index in [0.29, 0.717) is 130 Å². The molecule has 0 fully saturated rings. The minimum Gasteiger partial charge on any atom is -0.379 e. The number of likely N-dealkylation sites (N-methyl/N-ethyl adjacent to an activating group) is 1. The predicted molar refractivity (Wildman–Crippen MR) is 268 cm³/mol. The van der Waals surface area contributed by atoms with Gasteiger partial charge in [0.15, 0.2) is 5.78 Å². The number of aromatic amines is 1. The van der Waals surface area contributed by atoms with Crippen molar-refractivity contribution >= 4 is 35.1 Å². The lowest BCUT2D eigenvalue weighted by molar-refractivity contribution is -0.127. The van der Waals surface area contributed by atoms with Crippen LogP contribution in [-0.4, -0.2) is 150 Å². The summed E-state index contributed by atoms with van der Waals surface area (Å²) in [6.07, 6.45) is 26.3. The maximum Gasteiger partial charge on any atom is 0.245 e. The molecule has 69 heavy (non-hydrogen) atoms. The number of carbonyl (C=O) groups excluding carboxylic acids is 6. The number of amides is 3. The van der Waals surface area contributed by atoms with E-state index < -0.39 is 11.9 Å². The number of rotatable bonds is 51. The molecule has 18 heteroatoms. The fourth-order valence-electron chi connectivity index (χ4n) is 6.86. The van der Waals surface area contributed by atoms with Gasteiger partial charge in [-0.3, -0.25) is 34.1 Å². The number of hydrogen-bond acceptors (Lipinski definition) is 14. The fourth-order valence-corrected chi connectivity index (χ4v) is 6.86. The van der Waals surface area contributed by atoms with Crippen LogP contribution < -0.4 is 21.7 Å². The summed E-state index contributed by atoms with van der Waals surface area (Å²) >= 11 is 0. The quantitative estimate of drug-likeness (QED) is 0.0466. The number of ketones is 3. The monoisotopic (exact) mass is 983 g/mol. The predicted octanol–water partition coefficient (Wildman–Crippen LogP) is 6.06. The van der Waals surface area contributed by atoms with Crippen molar-refractivity contribution in [1.29, 1.82) is 0 Å². The van der Waals surface area contributed by atoms with Crippen molar-refractivity contribution in [3.63, 3.8) is 0 Å². The molecule has 18 nitrogen and oxygen atoms in total. The highest BCUT2D eigenvalue weighted by Gasteiger charge is 2.16. The number of primary amides is 1. The minimum absolute atomic E-state index is 0.0153. The Morgan fingerprint density at radius 1 is 0.551 bits per heavy atom. The Kier molecular flexibility index (Phi) is 48.0. The van der Waals surface area contributed by atoms with Crippen molar-refractivity contribution in [1.82, 2.24) is 25.9 Å². The first-order chi connectivity index (χ1) is 33.6. The van der Waals surface area contributed by atoms with Gasteiger partial charge in [-0.05, 0) is 58.8 Å². The fraction of sp³-hybridized carbons (Fsp3) is 0.824. The topological polar surface area (TPSA) is 249 Å². The number of aromatic nitrogens is 2. The molecular formula is C51H94N6O12. The standard InChI is InChI=1S/C26H45N5O8.C25H49NO4/c1-2-36-12-14-38-18-23(33)6-5-11-37-13-15-39-19-25(34)29-10-4-3-7-24(26(27)35)30-17-22(32)9-8-21-16-28-20-31-21;1-3-5-6-7-8-9-10-11-12-13-14-15-16-18-24(27)19-17-20-29-21-22-30-23-25(28)26-4-2/h16,20,24,30H,2-15,17-19H2,1H3,(H2,27,35)(H,28,31)(H,29,34);3-23H2,1-2H3,(H,26,28)/t24-;/m0./s1. The Morgan fingerprint density at radius 3 is 1.62 bits per heavy atom. The van der Waals surface area contributed by atoms with E-state index in [1.54, 1.807) is 12.5 Å². The maximum absolute atomic E-state index is 12.0. The lowest BCUT2D eigenvalue weighted by Gasteiger charge is -2.15. The molecule has 0 spiro atoms. The number of unbranched alkanes of at least 4 members (excludes halogenated alkanes) is 13. The average Bonchev–Trinajstić information content (AvgIpc) is 3.86. The van der Waals surface area contributed by atoms with E-state index in [4.69, 9.17) is 34.2 Å².